The third-order valence-corrected chi connectivity index (χ3v) is 4.36. The van der Waals surface area contributed by atoms with Crippen LogP contribution < -0.4 is 10.6 Å². The molecule has 108 valence electrons. The number of hydrogen-bond donors (Lipinski definition) is 2. The number of carbonyl (C=O) groups excluding carboxylic acids is 2. The summed E-state index contributed by atoms with van der Waals surface area (Å²) in [6, 6.07) is 10.5. The van der Waals surface area contributed by atoms with E-state index < -0.39 is 0 Å². The molecule has 1 fully saturated rings. The highest BCUT2D eigenvalue weighted by Gasteiger charge is 2.29. The molecule has 0 saturated heterocycles. The Morgan fingerprint density at radius 2 is 1.81 bits per heavy atom. The maximum Gasteiger partial charge on any atom is 0.265 e. The lowest BCUT2D eigenvalue weighted by atomic mass is 10.2. The quantitative estimate of drug-likeness (QED) is 0.894. The van der Waals surface area contributed by atoms with Crippen molar-refractivity contribution in [2.24, 2.45) is 5.92 Å². The van der Waals surface area contributed by atoms with Crippen molar-refractivity contribution in [2.45, 2.75) is 12.8 Å². The van der Waals surface area contributed by atoms with Gasteiger partial charge in [-0.15, -0.1) is 11.3 Å². The number of benzene rings is 1. The normalized spacial score (nSPS) is 13.8. The number of hydrogen-bond acceptors (Lipinski definition) is 3. The lowest BCUT2D eigenvalue weighted by Gasteiger charge is -2.08. The first-order chi connectivity index (χ1) is 10.1. The van der Waals surface area contributed by atoms with E-state index >= 15 is 0 Å². The molecule has 1 aliphatic rings. The van der Waals surface area contributed by atoms with Gasteiger partial charge in [-0.25, -0.2) is 0 Å². The largest absolute Gasteiger partial charge is 0.326 e. The molecule has 3 rings (SSSR count). The van der Waals surface area contributed by atoms with Crippen LogP contribution in [0.15, 0.2) is 36.4 Å². The van der Waals surface area contributed by atoms with Gasteiger partial charge in [0, 0.05) is 17.3 Å². The third kappa shape index (κ3) is 3.62. The van der Waals surface area contributed by atoms with E-state index in [0.29, 0.717) is 20.6 Å². The van der Waals surface area contributed by atoms with Gasteiger partial charge in [-0.2, -0.15) is 0 Å². The van der Waals surface area contributed by atoms with Gasteiger partial charge in [-0.05, 0) is 43.2 Å². The number of amides is 2. The van der Waals surface area contributed by atoms with Crippen LogP contribution in [0.5, 0.6) is 0 Å². The summed E-state index contributed by atoms with van der Waals surface area (Å²) < 4.78 is 0.575. The van der Waals surface area contributed by atoms with Crippen molar-refractivity contribution in [2.75, 3.05) is 10.6 Å². The first-order valence-corrected chi connectivity index (χ1v) is 7.79. The van der Waals surface area contributed by atoms with Crippen LogP contribution in [0, 0.1) is 5.92 Å². The van der Waals surface area contributed by atoms with Crippen molar-refractivity contribution in [1.82, 2.24) is 0 Å². The molecule has 0 bridgehead atoms. The van der Waals surface area contributed by atoms with Gasteiger partial charge in [0.05, 0.1) is 9.21 Å². The molecule has 0 radical (unpaired) electrons. The van der Waals surface area contributed by atoms with Crippen molar-refractivity contribution in [3.63, 3.8) is 0 Å². The summed E-state index contributed by atoms with van der Waals surface area (Å²) in [4.78, 5) is 24.3. The van der Waals surface area contributed by atoms with Crippen LogP contribution in [0.1, 0.15) is 22.5 Å². The van der Waals surface area contributed by atoms with E-state index in [9.17, 15) is 9.59 Å². The van der Waals surface area contributed by atoms with Crippen LogP contribution in [0.4, 0.5) is 11.4 Å². The first kappa shape index (κ1) is 14.1. The minimum absolute atomic E-state index is 0.0449. The monoisotopic (exact) mass is 320 g/mol. The third-order valence-electron chi connectivity index (χ3n) is 3.13. The summed E-state index contributed by atoms with van der Waals surface area (Å²) in [6.07, 6.45) is 1.92. The Balaban J connectivity index is 1.67. The number of halogens is 1. The number of rotatable bonds is 4. The summed E-state index contributed by atoms with van der Waals surface area (Å²) in [5.41, 5.74) is 1.33. The molecule has 2 aromatic rings. The van der Waals surface area contributed by atoms with Crippen molar-refractivity contribution in [3.05, 3.63) is 45.6 Å². The summed E-state index contributed by atoms with van der Waals surface area (Å²) in [5.74, 6) is -0.0161. The van der Waals surface area contributed by atoms with Crippen molar-refractivity contribution in [3.8, 4) is 0 Å². The minimum Gasteiger partial charge on any atom is -0.326 e. The highest BCUT2D eigenvalue weighted by molar-refractivity contribution is 7.18. The molecule has 6 heteroatoms. The maximum absolute atomic E-state index is 12.0. The van der Waals surface area contributed by atoms with Crippen molar-refractivity contribution >= 4 is 46.1 Å². The van der Waals surface area contributed by atoms with Crippen LogP contribution in [0.3, 0.4) is 0 Å². The van der Waals surface area contributed by atoms with Crippen LogP contribution in [-0.2, 0) is 4.79 Å². The molecule has 2 N–H and O–H groups in total. The summed E-state index contributed by atoms with van der Waals surface area (Å²) in [7, 11) is 0. The predicted molar refractivity (Wildman–Crippen MR) is 85.1 cm³/mol. The van der Waals surface area contributed by atoms with Gasteiger partial charge < -0.3 is 10.6 Å². The van der Waals surface area contributed by atoms with Gasteiger partial charge in [0.25, 0.3) is 5.91 Å². The maximum atomic E-state index is 12.0. The van der Waals surface area contributed by atoms with Gasteiger partial charge in [-0.3, -0.25) is 9.59 Å². The van der Waals surface area contributed by atoms with Gasteiger partial charge in [-0.1, -0.05) is 17.7 Å². The zero-order chi connectivity index (χ0) is 14.8. The Morgan fingerprint density at radius 3 is 2.43 bits per heavy atom. The second kappa shape index (κ2) is 5.87. The molecular weight excluding hydrogens is 308 g/mol. The van der Waals surface area contributed by atoms with Crippen LogP contribution in [0.25, 0.3) is 0 Å². The van der Waals surface area contributed by atoms with Gasteiger partial charge >= 0.3 is 0 Å². The topological polar surface area (TPSA) is 58.2 Å². The molecule has 4 nitrogen and oxygen atoms in total. The molecule has 2 amide bonds. The Bertz CT molecular complexity index is 694. The predicted octanol–water partition coefficient (Wildman–Crippen LogP) is 4.00. The molecule has 0 spiro atoms. The molecule has 1 saturated carbocycles. The van der Waals surface area contributed by atoms with Crippen molar-refractivity contribution in [1.29, 1.82) is 0 Å². The fourth-order valence-electron chi connectivity index (χ4n) is 1.89. The zero-order valence-electron chi connectivity index (χ0n) is 11.1. The summed E-state index contributed by atoms with van der Waals surface area (Å²) >= 11 is 7.04. The minimum atomic E-state index is -0.211. The summed E-state index contributed by atoms with van der Waals surface area (Å²) in [6.45, 7) is 0. The van der Waals surface area contributed by atoms with E-state index in [1.807, 2.05) is 0 Å². The van der Waals surface area contributed by atoms with Gasteiger partial charge in [0.1, 0.15) is 0 Å². The lowest BCUT2D eigenvalue weighted by molar-refractivity contribution is -0.117. The fourth-order valence-corrected chi connectivity index (χ4v) is 2.83. The highest BCUT2D eigenvalue weighted by Crippen LogP contribution is 2.30. The molecule has 1 aromatic heterocycles. The SMILES string of the molecule is O=C(Nc1cccc(NC(=O)C2CC2)c1)c1ccc(Cl)s1. The fraction of sp³-hybridized carbons (Fsp3) is 0.200. The molecule has 0 unspecified atom stereocenters. The second-order valence-electron chi connectivity index (χ2n) is 4.90. The van der Waals surface area contributed by atoms with E-state index in [1.54, 1.807) is 36.4 Å². The molecule has 1 heterocycles. The molecule has 0 aliphatic heterocycles. The number of nitrogens with one attached hydrogen (secondary N) is 2. The Morgan fingerprint density at radius 1 is 1.10 bits per heavy atom. The molecular formula is C15H13ClN2O2S. The van der Waals surface area contributed by atoms with E-state index in [2.05, 4.69) is 10.6 Å². The number of thiophene rings is 1. The molecule has 0 atom stereocenters. The van der Waals surface area contributed by atoms with Gasteiger partial charge in [0.2, 0.25) is 5.91 Å². The molecule has 21 heavy (non-hydrogen) atoms. The van der Waals surface area contributed by atoms with Crippen LogP contribution in [0.2, 0.25) is 4.34 Å². The lowest BCUT2D eigenvalue weighted by Crippen LogP contribution is -2.14. The second-order valence-corrected chi connectivity index (χ2v) is 6.62. The average molecular weight is 321 g/mol. The van der Waals surface area contributed by atoms with E-state index in [4.69, 9.17) is 11.6 Å². The van der Waals surface area contributed by atoms with E-state index in [0.717, 1.165) is 12.8 Å². The Labute approximate surface area is 131 Å². The average Bonchev–Trinajstić information content (AvgIpc) is 3.21. The number of anilines is 2. The van der Waals surface area contributed by atoms with Crippen molar-refractivity contribution < 1.29 is 9.59 Å². The Hall–Kier alpha value is -1.85. The summed E-state index contributed by atoms with van der Waals surface area (Å²) in [5, 5.41) is 5.64. The standard InChI is InChI=1S/C15H13ClN2O2S/c16-13-7-6-12(21-13)15(20)18-11-3-1-2-10(8-11)17-14(19)9-4-5-9/h1-3,6-9H,4-5H2,(H,17,19)(H,18,20). The zero-order valence-corrected chi connectivity index (χ0v) is 12.6. The van der Waals surface area contributed by atoms with Crippen LogP contribution in [-0.4, -0.2) is 11.8 Å². The Kier molecular flexibility index (Phi) is 3.94. The molecule has 1 aromatic carbocycles. The smallest absolute Gasteiger partial charge is 0.265 e. The van der Waals surface area contributed by atoms with Crippen LogP contribution >= 0.6 is 22.9 Å². The highest BCUT2D eigenvalue weighted by atomic mass is 35.5. The van der Waals surface area contributed by atoms with Gasteiger partial charge in [0.15, 0.2) is 0 Å². The first-order valence-electron chi connectivity index (χ1n) is 6.59. The van der Waals surface area contributed by atoms with E-state index in [-0.39, 0.29) is 17.7 Å². The molecule has 1 aliphatic carbocycles. The number of carbonyl (C=O) groups is 2. The van der Waals surface area contributed by atoms with E-state index in [1.165, 1.54) is 11.3 Å².